The van der Waals surface area contributed by atoms with Crippen LogP contribution in [0.15, 0.2) is 41.4 Å². The molecule has 0 aliphatic carbocycles. The lowest BCUT2D eigenvalue weighted by Gasteiger charge is -2.18. The number of ether oxygens (including phenoxy) is 1. The van der Waals surface area contributed by atoms with Crippen LogP contribution in [0.3, 0.4) is 0 Å². The summed E-state index contributed by atoms with van der Waals surface area (Å²) < 4.78 is 8.02. The number of aliphatic hydroxyl groups is 1. The van der Waals surface area contributed by atoms with E-state index in [9.17, 15) is 10.4 Å². The van der Waals surface area contributed by atoms with Crippen molar-refractivity contribution >= 4 is 21.4 Å². The Morgan fingerprint density at radius 1 is 1.38 bits per heavy atom. The van der Waals surface area contributed by atoms with E-state index in [-0.39, 0.29) is 6.61 Å². The van der Waals surface area contributed by atoms with Crippen LogP contribution >= 0.6 is 15.9 Å². The number of hydrogen-bond donors (Lipinski definition) is 1. The van der Waals surface area contributed by atoms with Gasteiger partial charge < -0.3 is 9.84 Å². The molecule has 0 fully saturated rings. The highest BCUT2D eigenvalue weighted by Gasteiger charge is 2.17. The largest absolute Gasteiger partial charge is 0.489 e. The van der Waals surface area contributed by atoms with Gasteiger partial charge in [-0.05, 0) is 41.9 Å². The van der Waals surface area contributed by atoms with Crippen LogP contribution in [0, 0.1) is 11.3 Å². The predicted molar refractivity (Wildman–Crippen MR) is 92.6 cm³/mol. The van der Waals surface area contributed by atoms with Gasteiger partial charge >= 0.3 is 0 Å². The molecule has 24 heavy (non-hydrogen) atoms. The van der Waals surface area contributed by atoms with Gasteiger partial charge in [-0.25, -0.2) is 9.50 Å². The summed E-state index contributed by atoms with van der Waals surface area (Å²) in [4.78, 5) is 4.24. The Balaban J connectivity index is 2.14. The third-order valence-corrected chi connectivity index (χ3v) is 3.81. The minimum Gasteiger partial charge on any atom is -0.489 e. The summed E-state index contributed by atoms with van der Waals surface area (Å²) in [5.74, 6) is 0.551. The van der Waals surface area contributed by atoms with Gasteiger partial charge in [0.15, 0.2) is 0 Å². The zero-order chi connectivity index (χ0) is 17.3. The molecule has 3 aromatic rings. The smallest absolute Gasteiger partial charge is 0.138 e. The van der Waals surface area contributed by atoms with Crippen molar-refractivity contribution in [2.24, 2.45) is 0 Å². The number of halogens is 1. The zero-order valence-corrected chi connectivity index (χ0v) is 14.8. The molecule has 3 aromatic heterocycles. The van der Waals surface area contributed by atoms with Crippen molar-refractivity contribution in [2.75, 3.05) is 6.61 Å². The summed E-state index contributed by atoms with van der Waals surface area (Å²) >= 11 is 3.32. The fourth-order valence-electron chi connectivity index (χ4n) is 2.27. The van der Waals surface area contributed by atoms with Crippen LogP contribution in [0.5, 0.6) is 5.75 Å². The number of rotatable bonds is 4. The van der Waals surface area contributed by atoms with Crippen LogP contribution < -0.4 is 4.74 Å². The summed E-state index contributed by atoms with van der Waals surface area (Å²) in [5.41, 5.74) is 1.85. The first-order chi connectivity index (χ1) is 11.4. The van der Waals surface area contributed by atoms with Crippen LogP contribution in [-0.2, 0) is 0 Å². The second kappa shape index (κ2) is 6.23. The Morgan fingerprint density at radius 2 is 2.17 bits per heavy atom. The van der Waals surface area contributed by atoms with E-state index in [1.807, 2.05) is 18.2 Å². The molecule has 3 heterocycles. The second-order valence-electron chi connectivity index (χ2n) is 6.02. The summed E-state index contributed by atoms with van der Waals surface area (Å²) in [6.45, 7) is 3.49. The molecule has 0 aliphatic heterocycles. The van der Waals surface area contributed by atoms with Crippen molar-refractivity contribution in [2.45, 2.75) is 19.4 Å². The van der Waals surface area contributed by atoms with Crippen LogP contribution in [-0.4, -0.2) is 31.9 Å². The average Bonchev–Trinajstić information content (AvgIpc) is 2.95. The molecule has 0 saturated carbocycles. The highest BCUT2D eigenvalue weighted by Crippen LogP contribution is 2.31. The van der Waals surface area contributed by atoms with Crippen LogP contribution in [0.1, 0.15) is 19.4 Å². The molecule has 122 valence electrons. The Bertz CT molecular complexity index is 921. The van der Waals surface area contributed by atoms with E-state index in [0.29, 0.717) is 16.8 Å². The summed E-state index contributed by atoms with van der Waals surface area (Å²) in [6.07, 6.45) is 4.93. The van der Waals surface area contributed by atoms with Gasteiger partial charge in [-0.15, -0.1) is 0 Å². The van der Waals surface area contributed by atoms with E-state index in [2.05, 4.69) is 32.1 Å². The molecule has 0 unspecified atom stereocenters. The minimum atomic E-state index is -0.948. The monoisotopic (exact) mass is 386 g/mol. The van der Waals surface area contributed by atoms with Crippen molar-refractivity contribution in [3.8, 4) is 22.9 Å². The molecular weight excluding hydrogens is 372 g/mol. The van der Waals surface area contributed by atoms with E-state index in [0.717, 1.165) is 15.7 Å². The normalized spacial score (nSPS) is 11.5. The van der Waals surface area contributed by atoms with E-state index >= 15 is 0 Å². The molecule has 0 aromatic carbocycles. The first kappa shape index (κ1) is 16.4. The molecule has 7 heteroatoms. The Morgan fingerprint density at radius 3 is 2.79 bits per heavy atom. The maximum Gasteiger partial charge on any atom is 0.138 e. The van der Waals surface area contributed by atoms with Crippen molar-refractivity contribution in [3.05, 3.63) is 47.0 Å². The van der Waals surface area contributed by atoms with Gasteiger partial charge in [0.25, 0.3) is 0 Å². The van der Waals surface area contributed by atoms with Crippen LogP contribution in [0.4, 0.5) is 0 Å². The molecular formula is C17H15BrN4O2. The number of aromatic nitrogens is 3. The average molecular weight is 387 g/mol. The lowest BCUT2D eigenvalue weighted by atomic mass is 10.1. The van der Waals surface area contributed by atoms with E-state index in [4.69, 9.17) is 4.74 Å². The molecule has 0 saturated heterocycles. The molecule has 0 aliphatic rings. The fraction of sp³-hybridized carbons (Fsp3) is 0.235. The van der Waals surface area contributed by atoms with Gasteiger partial charge in [0.1, 0.15) is 23.0 Å². The first-order valence-corrected chi connectivity index (χ1v) is 8.05. The third kappa shape index (κ3) is 3.40. The van der Waals surface area contributed by atoms with Crippen LogP contribution in [0.2, 0.25) is 0 Å². The van der Waals surface area contributed by atoms with Crippen molar-refractivity contribution in [1.29, 1.82) is 5.26 Å². The third-order valence-electron chi connectivity index (χ3n) is 3.34. The van der Waals surface area contributed by atoms with E-state index in [1.165, 1.54) is 6.20 Å². The number of fused-ring (bicyclic) bond motifs is 1. The minimum absolute atomic E-state index is 0.142. The Kier molecular flexibility index (Phi) is 4.26. The Hall–Kier alpha value is -2.43. The highest BCUT2D eigenvalue weighted by molar-refractivity contribution is 9.10. The summed E-state index contributed by atoms with van der Waals surface area (Å²) in [7, 11) is 0. The summed E-state index contributed by atoms with van der Waals surface area (Å²) in [6, 6.07) is 7.72. The molecule has 0 amide bonds. The van der Waals surface area contributed by atoms with Gasteiger partial charge in [-0.1, -0.05) is 6.07 Å². The van der Waals surface area contributed by atoms with Crippen molar-refractivity contribution < 1.29 is 9.84 Å². The van der Waals surface area contributed by atoms with Crippen molar-refractivity contribution in [1.82, 2.24) is 14.6 Å². The Labute approximate surface area is 147 Å². The van der Waals surface area contributed by atoms with Crippen molar-refractivity contribution in [3.63, 3.8) is 0 Å². The number of nitrogens with zero attached hydrogens (tertiary/aromatic N) is 4. The lowest BCUT2D eigenvalue weighted by Crippen LogP contribution is -2.27. The summed E-state index contributed by atoms with van der Waals surface area (Å²) in [5, 5.41) is 23.4. The fourth-order valence-corrected chi connectivity index (χ4v) is 2.51. The maximum absolute atomic E-state index is 9.85. The maximum atomic E-state index is 9.85. The number of nitriles is 1. The van der Waals surface area contributed by atoms with E-state index in [1.54, 1.807) is 30.8 Å². The molecule has 1 N–H and O–H groups in total. The molecule has 0 spiro atoms. The molecule has 0 radical (unpaired) electrons. The molecule has 0 atom stereocenters. The van der Waals surface area contributed by atoms with Gasteiger partial charge in [0, 0.05) is 17.3 Å². The van der Waals surface area contributed by atoms with Gasteiger partial charge in [0.2, 0.25) is 0 Å². The highest BCUT2D eigenvalue weighted by atomic mass is 79.9. The van der Waals surface area contributed by atoms with Crippen LogP contribution in [0.25, 0.3) is 16.6 Å². The number of pyridine rings is 2. The second-order valence-corrected chi connectivity index (χ2v) is 6.84. The quantitative estimate of drug-likeness (QED) is 0.696. The van der Waals surface area contributed by atoms with E-state index < -0.39 is 5.60 Å². The molecule has 6 nitrogen and oxygen atoms in total. The van der Waals surface area contributed by atoms with Gasteiger partial charge in [-0.3, -0.25) is 0 Å². The molecule has 0 bridgehead atoms. The first-order valence-electron chi connectivity index (χ1n) is 7.26. The lowest BCUT2D eigenvalue weighted by molar-refractivity contribution is 0.0283. The SMILES string of the molecule is CC(C)(O)COc1cc(-c2ccc(Br)nc2)c2c(C#N)cnn2c1. The standard InChI is InChI=1S/C17H15BrN4O2/c1-17(2,23)10-24-13-5-14(11-3-4-15(18)20-7-11)16-12(6-19)8-21-22(16)9-13/h3-5,7-9,23H,10H2,1-2H3. The van der Waals surface area contributed by atoms with Gasteiger partial charge in [0.05, 0.1) is 29.1 Å². The molecule has 3 rings (SSSR count). The topological polar surface area (TPSA) is 83.4 Å². The number of hydrogen-bond acceptors (Lipinski definition) is 5. The predicted octanol–water partition coefficient (Wildman–Crippen LogP) is 3.18. The van der Waals surface area contributed by atoms with Gasteiger partial charge in [-0.2, -0.15) is 10.4 Å². The zero-order valence-electron chi connectivity index (χ0n) is 13.2.